The van der Waals surface area contributed by atoms with E-state index >= 15 is 0 Å². The Balaban J connectivity index is 2.15. The number of fused-ring (bicyclic) bond motifs is 1. The largest absolute Gasteiger partial charge is 0.375 e. The Bertz CT molecular complexity index is 598. The summed E-state index contributed by atoms with van der Waals surface area (Å²) in [6.45, 7) is 0.981. The number of aromatic nitrogens is 2. The van der Waals surface area contributed by atoms with Crippen LogP contribution in [0, 0.1) is 5.82 Å². The number of benzene rings is 1. The molecule has 0 spiro atoms. The molecule has 0 fully saturated rings. The quantitative estimate of drug-likeness (QED) is 0.810. The fourth-order valence-corrected chi connectivity index (χ4v) is 2.07. The molecule has 1 aliphatic heterocycles. The fourth-order valence-electron chi connectivity index (χ4n) is 2.07. The van der Waals surface area contributed by atoms with Crippen LogP contribution in [-0.4, -0.2) is 16.4 Å². The van der Waals surface area contributed by atoms with E-state index in [0.717, 1.165) is 16.9 Å². The molecule has 17 heavy (non-hydrogen) atoms. The normalized spacial score (nSPS) is 14.6. The van der Waals surface area contributed by atoms with Crippen LogP contribution in [0.1, 0.15) is 11.3 Å². The summed E-state index contributed by atoms with van der Waals surface area (Å²) in [5.41, 5.74) is 2.23. The van der Waals surface area contributed by atoms with Gasteiger partial charge in [0.2, 0.25) is 0 Å². The monoisotopic (exact) mass is 234 g/mol. The van der Waals surface area contributed by atoms with E-state index in [1.54, 1.807) is 16.8 Å². The van der Waals surface area contributed by atoms with Crippen molar-refractivity contribution in [2.45, 2.75) is 13.0 Å². The summed E-state index contributed by atoms with van der Waals surface area (Å²) >= 11 is 0. The first-order chi connectivity index (χ1) is 8.25. The molecule has 0 saturated carbocycles. The minimum absolute atomic E-state index is 0.0902. The highest BCUT2D eigenvalue weighted by molar-refractivity contribution is 5.35. The molecule has 1 N–H and O–H groups in total. The molecule has 1 aliphatic rings. The highest BCUT2D eigenvalue weighted by Gasteiger charge is 2.19. The zero-order valence-electron chi connectivity index (χ0n) is 9.07. The third kappa shape index (κ3) is 1.68. The van der Waals surface area contributed by atoms with Gasteiger partial charge in [-0.05, 0) is 24.3 Å². The highest BCUT2D eigenvalue weighted by Crippen LogP contribution is 2.17. The summed E-state index contributed by atoms with van der Waals surface area (Å²) in [6.07, 6.45) is 0.624. The van der Waals surface area contributed by atoms with Crippen molar-refractivity contribution in [3.05, 3.63) is 51.7 Å². The van der Waals surface area contributed by atoms with E-state index < -0.39 is 0 Å². The molecule has 3 rings (SSSR count). The van der Waals surface area contributed by atoms with Gasteiger partial charge in [0, 0.05) is 12.0 Å². The van der Waals surface area contributed by atoms with Crippen molar-refractivity contribution < 1.29 is 9.13 Å². The van der Waals surface area contributed by atoms with Crippen molar-refractivity contribution in [2.75, 3.05) is 6.61 Å². The molecule has 0 bridgehead atoms. The SMILES string of the molecule is O=c1[nH]n(-c2ccc(F)cc2)c2c1CCOC2. The summed E-state index contributed by atoms with van der Waals surface area (Å²) in [4.78, 5) is 11.7. The molecule has 0 aliphatic carbocycles. The van der Waals surface area contributed by atoms with Crippen molar-refractivity contribution in [2.24, 2.45) is 0 Å². The maximum absolute atomic E-state index is 12.8. The van der Waals surface area contributed by atoms with Crippen LogP contribution in [0.15, 0.2) is 29.1 Å². The lowest BCUT2D eigenvalue weighted by molar-refractivity contribution is 0.106. The molecule has 1 aromatic heterocycles. The number of H-pyrrole nitrogens is 1. The lowest BCUT2D eigenvalue weighted by atomic mass is 10.1. The van der Waals surface area contributed by atoms with Crippen LogP contribution in [0.3, 0.4) is 0 Å². The van der Waals surface area contributed by atoms with Crippen LogP contribution in [0.4, 0.5) is 4.39 Å². The van der Waals surface area contributed by atoms with Crippen LogP contribution in [0.5, 0.6) is 0 Å². The molecular formula is C12H11FN2O2. The summed E-state index contributed by atoms with van der Waals surface area (Å²) in [5.74, 6) is -0.298. The second kappa shape index (κ2) is 3.85. The van der Waals surface area contributed by atoms with E-state index in [0.29, 0.717) is 19.6 Å². The molecule has 2 heterocycles. The Morgan fingerprint density at radius 1 is 1.29 bits per heavy atom. The second-order valence-corrected chi connectivity index (χ2v) is 3.98. The van der Waals surface area contributed by atoms with Crippen molar-refractivity contribution in [3.8, 4) is 5.69 Å². The fraction of sp³-hybridized carbons (Fsp3) is 0.250. The number of hydrogen-bond donors (Lipinski definition) is 1. The van der Waals surface area contributed by atoms with Gasteiger partial charge >= 0.3 is 0 Å². The summed E-state index contributed by atoms with van der Waals surface area (Å²) in [7, 11) is 0. The molecule has 0 unspecified atom stereocenters. The third-order valence-corrected chi connectivity index (χ3v) is 2.93. The van der Waals surface area contributed by atoms with E-state index in [-0.39, 0.29) is 11.4 Å². The van der Waals surface area contributed by atoms with Gasteiger partial charge in [-0.2, -0.15) is 0 Å². The second-order valence-electron chi connectivity index (χ2n) is 3.98. The molecule has 0 amide bonds. The highest BCUT2D eigenvalue weighted by atomic mass is 19.1. The van der Waals surface area contributed by atoms with Crippen LogP contribution >= 0.6 is 0 Å². The minimum Gasteiger partial charge on any atom is -0.375 e. The molecule has 4 nitrogen and oxygen atoms in total. The van der Waals surface area contributed by atoms with Crippen LogP contribution in [0.2, 0.25) is 0 Å². The number of rotatable bonds is 1. The van der Waals surface area contributed by atoms with Gasteiger partial charge in [-0.1, -0.05) is 0 Å². The Labute approximate surface area is 96.6 Å². The standard InChI is InChI=1S/C12H11FN2O2/c13-8-1-3-9(4-2-8)15-11-7-17-6-5-10(11)12(16)14-15/h1-4H,5-7H2,(H,14,16). The average Bonchev–Trinajstić information content (AvgIpc) is 2.69. The lowest BCUT2D eigenvalue weighted by Crippen LogP contribution is -2.15. The summed E-state index contributed by atoms with van der Waals surface area (Å²) in [6, 6.07) is 5.98. The van der Waals surface area contributed by atoms with E-state index in [2.05, 4.69) is 5.10 Å². The maximum Gasteiger partial charge on any atom is 0.268 e. The smallest absolute Gasteiger partial charge is 0.268 e. The first kappa shape index (κ1) is 10.3. The van der Waals surface area contributed by atoms with Gasteiger partial charge in [0.25, 0.3) is 5.56 Å². The molecule has 0 atom stereocenters. The Morgan fingerprint density at radius 2 is 2.06 bits per heavy atom. The van der Waals surface area contributed by atoms with Crippen molar-refractivity contribution in [1.82, 2.24) is 9.78 Å². The van der Waals surface area contributed by atoms with Crippen molar-refractivity contribution in [3.63, 3.8) is 0 Å². The van der Waals surface area contributed by atoms with Gasteiger partial charge in [0.1, 0.15) is 5.82 Å². The Morgan fingerprint density at radius 3 is 2.82 bits per heavy atom. The molecule has 88 valence electrons. The molecule has 5 heteroatoms. The third-order valence-electron chi connectivity index (χ3n) is 2.93. The molecular weight excluding hydrogens is 223 g/mol. The lowest BCUT2D eigenvalue weighted by Gasteiger charge is -2.14. The van der Waals surface area contributed by atoms with Gasteiger partial charge in [0.15, 0.2) is 0 Å². The van der Waals surface area contributed by atoms with Gasteiger partial charge in [-0.25, -0.2) is 4.39 Å². The molecule has 1 aromatic carbocycles. The Hall–Kier alpha value is -1.88. The first-order valence-corrected chi connectivity index (χ1v) is 5.42. The van der Waals surface area contributed by atoms with E-state index in [1.165, 1.54) is 12.1 Å². The van der Waals surface area contributed by atoms with Gasteiger partial charge in [0.05, 0.1) is 24.6 Å². The zero-order chi connectivity index (χ0) is 11.8. The van der Waals surface area contributed by atoms with Crippen molar-refractivity contribution >= 4 is 0 Å². The summed E-state index contributed by atoms with van der Waals surface area (Å²) < 4.78 is 19.8. The number of halogens is 1. The van der Waals surface area contributed by atoms with E-state index in [9.17, 15) is 9.18 Å². The predicted molar refractivity (Wildman–Crippen MR) is 59.7 cm³/mol. The van der Waals surface area contributed by atoms with Gasteiger partial charge < -0.3 is 4.74 Å². The van der Waals surface area contributed by atoms with Gasteiger partial charge in [-0.3, -0.25) is 14.6 Å². The molecule has 0 radical (unpaired) electrons. The average molecular weight is 234 g/mol. The first-order valence-electron chi connectivity index (χ1n) is 5.42. The van der Waals surface area contributed by atoms with Crippen LogP contribution < -0.4 is 5.56 Å². The zero-order valence-corrected chi connectivity index (χ0v) is 9.07. The van der Waals surface area contributed by atoms with Crippen LogP contribution in [0.25, 0.3) is 5.69 Å². The van der Waals surface area contributed by atoms with Crippen molar-refractivity contribution in [1.29, 1.82) is 0 Å². The van der Waals surface area contributed by atoms with Gasteiger partial charge in [-0.15, -0.1) is 0 Å². The number of nitrogens with zero attached hydrogens (tertiary/aromatic N) is 1. The number of aromatic amines is 1. The maximum atomic E-state index is 12.8. The molecule has 2 aromatic rings. The predicted octanol–water partition coefficient (Wildman–Crippen LogP) is 1.38. The number of hydrogen-bond acceptors (Lipinski definition) is 2. The number of ether oxygens (including phenoxy) is 1. The molecule has 0 saturated heterocycles. The summed E-state index contributed by atoms with van der Waals surface area (Å²) in [5, 5.41) is 2.75. The topological polar surface area (TPSA) is 47.0 Å². The number of nitrogens with one attached hydrogen (secondary N) is 1. The van der Waals surface area contributed by atoms with E-state index in [1.807, 2.05) is 0 Å². The van der Waals surface area contributed by atoms with Crippen LogP contribution in [-0.2, 0) is 17.8 Å². The Kier molecular flexibility index (Phi) is 2.33. The van der Waals surface area contributed by atoms with E-state index in [4.69, 9.17) is 4.74 Å². The minimum atomic E-state index is -0.298.